The number of allylic oxidation sites excluding steroid dienone is 2. The van der Waals surface area contributed by atoms with Crippen molar-refractivity contribution in [2.24, 2.45) is 0 Å². The fourth-order valence-corrected chi connectivity index (χ4v) is 2.32. The second kappa shape index (κ2) is 17.3. The molecule has 0 spiro atoms. The number of hydrogen-bond acceptors (Lipinski definition) is 3. The molecular formula is C20H36O3. The van der Waals surface area contributed by atoms with Crippen molar-refractivity contribution in [3.8, 4) is 0 Å². The number of esters is 1. The highest BCUT2D eigenvalue weighted by molar-refractivity contribution is 5.86. The second-order valence-corrected chi connectivity index (χ2v) is 6.22. The first-order chi connectivity index (χ1) is 11.2. The zero-order valence-corrected chi connectivity index (χ0v) is 15.0. The van der Waals surface area contributed by atoms with Gasteiger partial charge in [-0.15, -0.1) is 0 Å². The smallest absolute Gasteiger partial charge is 0.333 e. The summed E-state index contributed by atoms with van der Waals surface area (Å²) in [7, 11) is 0. The molecule has 0 aliphatic carbocycles. The van der Waals surface area contributed by atoms with Crippen molar-refractivity contribution in [1.82, 2.24) is 0 Å². The van der Waals surface area contributed by atoms with Crippen molar-refractivity contribution in [1.29, 1.82) is 0 Å². The van der Waals surface area contributed by atoms with E-state index in [1.165, 1.54) is 51.4 Å². The van der Waals surface area contributed by atoms with Gasteiger partial charge < -0.3 is 9.84 Å². The number of ether oxygens (including phenoxy) is 1. The van der Waals surface area contributed by atoms with Gasteiger partial charge in [0.1, 0.15) is 0 Å². The molecule has 0 bridgehead atoms. The van der Waals surface area contributed by atoms with Gasteiger partial charge in [-0.05, 0) is 45.4 Å². The molecule has 0 radical (unpaired) electrons. The molecule has 0 saturated carbocycles. The minimum Gasteiger partial charge on any atom is -0.462 e. The maximum atomic E-state index is 11.2. The summed E-state index contributed by atoms with van der Waals surface area (Å²) >= 11 is 0. The molecule has 3 nitrogen and oxygen atoms in total. The van der Waals surface area contributed by atoms with Crippen LogP contribution in [0.15, 0.2) is 24.3 Å². The normalized spacial score (nSPS) is 11.0. The molecule has 0 aromatic rings. The van der Waals surface area contributed by atoms with E-state index in [0.29, 0.717) is 18.8 Å². The number of rotatable bonds is 16. The summed E-state index contributed by atoms with van der Waals surface area (Å²) in [6.45, 7) is 6.08. The molecule has 1 N–H and O–H groups in total. The maximum Gasteiger partial charge on any atom is 0.333 e. The Hall–Kier alpha value is -1.09. The van der Waals surface area contributed by atoms with Gasteiger partial charge in [-0.25, -0.2) is 4.79 Å². The van der Waals surface area contributed by atoms with Crippen LogP contribution < -0.4 is 0 Å². The molecule has 0 saturated heterocycles. The van der Waals surface area contributed by atoms with Crippen molar-refractivity contribution < 1.29 is 14.6 Å². The van der Waals surface area contributed by atoms with Crippen molar-refractivity contribution in [3.05, 3.63) is 24.3 Å². The molecule has 0 amide bonds. The number of carbonyl (C=O) groups is 1. The van der Waals surface area contributed by atoms with E-state index < -0.39 is 0 Å². The van der Waals surface area contributed by atoms with Crippen LogP contribution in [0.1, 0.15) is 84.0 Å². The summed E-state index contributed by atoms with van der Waals surface area (Å²) < 4.78 is 5.06. The molecule has 0 aliphatic rings. The first-order valence-electron chi connectivity index (χ1n) is 9.27. The summed E-state index contributed by atoms with van der Waals surface area (Å²) in [4.78, 5) is 11.2. The third-order valence-corrected chi connectivity index (χ3v) is 3.79. The fraction of sp³-hybridized carbons (Fsp3) is 0.750. The maximum absolute atomic E-state index is 11.2. The summed E-state index contributed by atoms with van der Waals surface area (Å²) in [5.41, 5.74) is 0.475. The van der Waals surface area contributed by atoms with Gasteiger partial charge in [0.2, 0.25) is 0 Å². The van der Waals surface area contributed by atoms with E-state index in [0.717, 1.165) is 25.7 Å². The molecule has 3 heteroatoms. The Morgan fingerprint density at radius 2 is 1.35 bits per heavy atom. The Balaban J connectivity index is 3.15. The molecule has 0 atom stereocenters. The third kappa shape index (κ3) is 17.1. The quantitative estimate of drug-likeness (QED) is 0.180. The van der Waals surface area contributed by atoms with E-state index >= 15 is 0 Å². The molecule has 0 aliphatic heterocycles. The van der Waals surface area contributed by atoms with Crippen LogP contribution in [0.3, 0.4) is 0 Å². The SMILES string of the molecule is C=C(C)C(=O)OCCCCCCCC/C=C\CCCCCCO. The molecule has 0 heterocycles. The van der Waals surface area contributed by atoms with Gasteiger partial charge in [-0.2, -0.15) is 0 Å². The summed E-state index contributed by atoms with van der Waals surface area (Å²) in [5.74, 6) is -0.273. The van der Waals surface area contributed by atoms with E-state index in [9.17, 15) is 4.79 Å². The number of aliphatic hydroxyl groups excluding tert-OH is 1. The van der Waals surface area contributed by atoms with Gasteiger partial charge in [0, 0.05) is 12.2 Å². The highest BCUT2D eigenvalue weighted by Gasteiger charge is 2.01. The Kier molecular flexibility index (Phi) is 16.4. The first kappa shape index (κ1) is 21.9. The summed E-state index contributed by atoms with van der Waals surface area (Å²) in [6, 6.07) is 0. The van der Waals surface area contributed by atoms with Gasteiger partial charge in [0.05, 0.1) is 6.61 Å². The van der Waals surface area contributed by atoms with Crippen molar-refractivity contribution in [3.63, 3.8) is 0 Å². The third-order valence-electron chi connectivity index (χ3n) is 3.79. The average molecular weight is 325 g/mol. The van der Waals surface area contributed by atoms with Crippen LogP contribution in [0.4, 0.5) is 0 Å². The predicted octanol–water partition coefficient (Wildman–Crippen LogP) is 5.34. The molecule has 134 valence electrons. The Bertz CT molecular complexity index is 321. The van der Waals surface area contributed by atoms with Crippen LogP contribution in [0, 0.1) is 0 Å². The Morgan fingerprint density at radius 3 is 1.87 bits per heavy atom. The Morgan fingerprint density at radius 1 is 0.870 bits per heavy atom. The van der Waals surface area contributed by atoms with E-state index in [4.69, 9.17) is 9.84 Å². The van der Waals surface area contributed by atoms with Crippen LogP contribution in [0.5, 0.6) is 0 Å². The number of aliphatic hydroxyl groups is 1. The summed E-state index contributed by atoms with van der Waals surface area (Å²) in [5, 5.41) is 8.68. The zero-order valence-electron chi connectivity index (χ0n) is 15.0. The highest BCUT2D eigenvalue weighted by atomic mass is 16.5. The van der Waals surface area contributed by atoms with Gasteiger partial charge in [0.15, 0.2) is 0 Å². The number of hydrogen-bond donors (Lipinski definition) is 1. The molecule has 0 fully saturated rings. The Labute approximate surface area is 142 Å². The lowest BCUT2D eigenvalue weighted by molar-refractivity contribution is -0.139. The number of unbranched alkanes of at least 4 members (excludes halogenated alkanes) is 10. The monoisotopic (exact) mass is 324 g/mol. The molecule has 0 rings (SSSR count). The first-order valence-corrected chi connectivity index (χ1v) is 9.27. The molecule has 0 aromatic heterocycles. The van der Waals surface area contributed by atoms with Gasteiger partial charge >= 0.3 is 5.97 Å². The topological polar surface area (TPSA) is 46.5 Å². The minimum absolute atomic E-state index is 0.273. The predicted molar refractivity (Wildman–Crippen MR) is 97.4 cm³/mol. The van der Waals surface area contributed by atoms with Crippen molar-refractivity contribution >= 4 is 5.97 Å². The van der Waals surface area contributed by atoms with Crippen LogP contribution in [-0.2, 0) is 9.53 Å². The van der Waals surface area contributed by atoms with Crippen LogP contribution in [-0.4, -0.2) is 24.3 Å². The lowest BCUT2D eigenvalue weighted by atomic mass is 10.1. The average Bonchev–Trinajstić information content (AvgIpc) is 2.54. The standard InChI is InChI=1S/C20H36O3/c1-19(2)20(22)23-18-16-14-12-10-8-6-4-3-5-7-9-11-13-15-17-21/h3,5,21H,1,4,6-18H2,2H3/b5-3-. The fourth-order valence-electron chi connectivity index (χ4n) is 2.32. The van der Waals surface area contributed by atoms with Crippen molar-refractivity contribution in [2.45, 2.75) is 84.0 Å². The van der Waals surface area contributed by atoms with E-state index in [1.807, 2.05) is 0 Å². The van der Waals surface area contributed by atoms with Gasteiger partial charge in [0.25, 0.3) is 0 Å². The largest absolute Gasteiger partial charge is 0.462 e. The van der Waals surface area contributed by atoms with E-state index in [2.05, 4.69) is 18.7 Å². The van der Waals surface area contributed by atoms with Crippen LogP contribution >= 0.6 is 0 Å². The van der Waals surface area contributed by atoms with Gasteiger partial charge in [-0.3, -0.25) is 0 Å². The number of carbonyl (C=O) groups excluding carboxylic acids is 1. The second-order valence-electron chi connectivity index (χ2n) is 6.22. The van der Waals surface area contributed by atoms with E-state index in [-0.39, 0.29) is 5.97 Å². The van der Waals surface area contributed by atoms with Gasteiger partial charge in [-0.1, -0.05) is 57.3 Å². The summed E-state index contributed by atoms with van der Waals surface area (Å²) in [6.07, 6.45) is 18.7. The van der Waals surface area contributed by atoms with E-state index in [1.54, 1.807) is 6.92 Å². The van der Waals surface area contributed by atoms with Crippen LogP contribution in [0.2, 0.25) is 0 Å². The molecular weight excluding hydrogens is 288 g/mol. The molecule has 0 aromatic carbocycles. The molecule has 23 heavy (non-hydrogen) atoms. The minimum atomic E-state index is -0.273. The molecule has 0 unspecified atom stereocenters. The van der Waals surface area contributed by atoms with Crippen molar-refractivity contribution in [2.75, 3.05) is 13.2 Å². The zero-order chi connectivity index (χ0) is 17.2. The lowest BCUT2D eigenvalue weighted by Gasteiger charge is -2.04. The highest BCUT2D eigenvalue weighted by Crippen LogP contribution is 2.09. The lowest BCUT2D eigenvalue weighted by Crippen LogP contribution is -2.05. The van der Waals surface area contributed by atoms with Crippen LogP contribution in [0.25, 0.3) is 0 Å².